The predicted molar refractivity (Wildman–Crippen MR) is 70.5 cm³/mol. The van der Waals surface area contributed by atoms with Crippen LogP contribution in [-0.4, -0.2) is 14.9 Å². The second-order valence-corrected chi connectivity index (χ2v) is 5.72. The molecule has 2 heterocycles. The van der Waals surface area contributed by atoms with Crippen LogP contribution in [0.3, 0.4) is 0 Å². The first-order chi connectivity index (χ1) is 7.92. The Labute approximate surface area is 110 Å². The number of aliphatic hydroxyl groups is 1. The van der Waals surface area contributed by atoms with Crippen LogP contribution in [0, 0.1) is 6.92 Å². The van der Waals surface area contributed by atoms with E-state index in [1.165, 1.54) is 0 Å². The number of aromatic nitrogens is 2. The predicted octanol–water partition coefficient (Wildman–Crippen LogP) is 2.89. The minimum Gasteiger partial charge on any atom is -0.384 e. The Hall–Kier alpha value is -0.840. The number of hydrogen-bond acceptors (Lipinski definition) is 3. The van der Waals surface area contributed by atoms with Gasteiger partial charge in [-0.25, -0.2) is 0 Å². The maximum Gasteiger partial charge on any atom is 0.101 e. The number of halogens is 1. The lowest BCUT2D eigenvalue weighted by atomic mass is 9.98. The van der Waals surface area contributed by atoms with Crippen molar-refractivity contribution in [3.8, 4) is 0 Å². The van der Waals surface area contributed by atoms with E-state index in [9.17, 15) is 5.11 Å². The summed E-state index contributed by atoms with van der Waals surface area (Å²) in [6, 6.07) is 3.87. The summed E-state index contributed by atoms with van der Waals surface area (Å²) < 4.78 is 1.74. The van der Waals surface area contributed by atoms with Crippen LogP contribution in [0.5, 0.6) is 0 Å². The van der Waals surface area contributed by atoms with Crippen molar-refractivity contribution >= 4 is 22.9 Å². The first-order valence-electron chi connectivity index (χ1n) is 5.36. The fourth-order valence-electron chi connectivity index (χ4n) is 1.87. The summed E-state index contributed by atoms with van der Waals surface area (Å²) in [4.78, 5) is 0.937. The van der Waals surface area contributed by atoms with Gasteiger partial charge in [0.05, 0.1) is 16.4 Å². The van der Waals surface area contributed by atoms with Crippen LogP contribution in [0.1, 0.15) is 23.2 Å². The van der Waals surface area contributed by atoms with Gasteiger partial charge in [0, 0.05) is 18.3 Å². The van der Waals surface area contributed by atoms with E-state index in [0.29, 0.717) is 11.4 Å². The largest absolute Gasteiger partial charge is 0.384 e. The molecule has 1 N–H and O–H groups in total. The summed E-state index contributed by atoms with van der Waals surface area (Å²) in [6.07, 6.45) is 0.462. The Morgan fingerprint density at radius 1 is 1.59 bits per heavy atom. The SMILES string of the molecule is Cc1nn(C)c(CC(C)(O)c2cccs2)c1Cl. The van der Waals surface area contributed by atoms with E-state index in [-0.39, 0.29) is 0 Å². The minimum atomic E-state index is -0.905. The highest BCUT2D eigenvalue weighted by atomic mass is 35.5. The zero-order chi connectivity index (χ0) is 12.6. The summed E-state index contributed by atoms with van der Waals surface area (Å²) >= 11 is 7.74. The lowest BCUT2D eigenvalue weighted by Crippen LogP contribution is -2.24. The smallest absolute Gasteiger partial charge is 0.101 e. The van der Waals surface area contributed by atoms with Crippen LogP contribution in [0.15, 0.2) is 17.5 Å². The summed E-state index contributed by atoms with van der Waals surface area (Å²) in [5, 5.41) is 17.4. The fraction of sp³-hybridized carbons (Fsp3) is 0.417. The topological polar surface area (TPSA) is 38.0 Å². The highest BCUT2D eigenvalue weighted by Gasteiger charge is 2.28. The zero-order valence-corrected chi connectivity index (χ0v) is 11.6. The third kappa shape index (κ3) is 2.39. The van der Waals surface area contributed by atoms with Crippen LogP contribution in [-0.2, 0) is 19.1 Å². The third-order valence-corrected chi connectivity index (χ3v) is 4.44. The van der Waals surface area contributed by atoms with E-state index in [1.807, 2.05) is 31.5 Å². The molecule has 3 nitrogen and oxygen atoms in total. The Kier molecular flexibility index (Phi) is 3.30. The number of nitrogens with zero attached hydrogens (tertiary/aromatic N) is 2. The van der Waals surface area contributed by atoms with Crippen LogP contribution >= 0.6 is 22.9 Å². The monoisotopic (exact) mass is 270 g/mol. The van der Waals surface area contributed by atoms with Crippen molar-refractivity contribution in [3.63, 3.8) is 0 Å². The van der Waals surface area contributed by atoms with Gasteiger partial charge in [-0.1, -0.05) is 17.7 Å². The Balaban J connectivity index is 2.32. The highest BCUT2D eigenvalue weighted by molar-refractivity contribution is 7.10. The molecule has 2 aromatic heterocycles. The Morgan fingerprint density at radius 3 is 2.76 bits per heavy atom. The van der Waals surface area contributed by atoms with Crippen LogP contribution in [0.25, 0.3) is 0 Å². The van der Waals surface area contributed by atoms with E-state index in [4.69, 9.17) is 11.6 Å². The molecule has 92 valence electrons. The molecule has 2 aromatic rings. The zero-order valence-electron chi connectivity index (χ0n) is 10.1. The lowest BCUT2D eigenvalue weighted by Gasteiger charge is -2.22. The summed E-state index contributed by atoms with van der Waals surface area (Å²) in [6.45, 7) is 3.67. The molecule has 0 saturated heterocycles. The van der Waals surface area contributed by atoms with Gasteiger partial charge in [-0.05, 0) is 25.3 Å². The average molecular weight is 271 g/mol. The van der Waals surface area contributed by atoms with Crippen LogP contribution < -0.4 is 0 Å². The minimum absolute atomic E-state index is 0.462. The highest BCUT2D eigenvalue weighted by Crippen LogP contribution is 2.31. The van der Waals surface area contributed by atoms with Gasteiger partial charge in [-0.2, -0.15) is 5.10 Å². The van der Waals surface area contributed by atoms with E-state index in [2.05, 4.69) is 5.10 Å². The van der Waals surface area contributed by atoms with Gasteiger partial charge in [0.15, 0.2) is 0 Å². The van der Waals surface area contributed by atoms with Gasteiger partial charge in [-0.3, -0.25) is 4.68 Å². The molecule has 2 rings (SSSR count). The van der Waals surface area contributed by atoms with Crippen molar-refractivity contribution in [1.82, 2.24) is 9.78 Å². The van der Waals surface area contributed by atoms with Gasteiger partial charge >= 0.3 is 0 Å². The number of hydrogen-bond donors (Lipinski definition) is 1. The molecular weight excluding hydrogens is 256 g/mol. The van der Waals surface area contributed by atoms with Gasteiger partial charge in [-0.15, -0.1) is 11.3 Å². The molecule has 0 aliphatic carbocycles. The van der Waals surface area contributed by atoms with Crippen LogP contribution in [0.2, 0.25) is 5.02 Å². The number of aryl methyl sites for hydroxylation is 2. The third-order valence-electron chi connectivity index (χ3n) is 2.83. The molecule has 0 radical (unpaired) electrons. The number of rotatable bonds is 3. The molecule has 17 heavy (non-hydrogen) atoms. The summed E-state index contributed by atoms with van der Waals surface area (Å²) in [7, 11) is 1.85. The molecule has 0 aliphatic rings. The van der Waals surface area contributed by atoms with Gasteiger partial charge in [0.2, 0.25) is 0 Å². The molecule has 0 spiro atoms. The molecule has 1 unspecified atom stereocenters. The lowest BCUT2D eigenvalue weighted by molar-refractivity contribution is 0.0595. The van der Waals surface area contributed by atoms with Crippen molar-refractivity contribution in [2.24, 2.45) is 7.05 Å². The number of thiophene rings is 1. The van der Waals surface area contributed by atoms with Gasteiger partial charge < -0.3 is 5.11 Å². The Bertz CT molecular complexity index is 517. The molecule has 0 aliphatic heterocycles. The van der Waals surface area contributed by atoms with Crippen molar-refractivity contribution in [3.05, 3.63) is 38.8 Å². The maximum atomic E-state index is 10.5. The van der Waals surface area contributed by atoms with Crippen molar-refractivity contribution in [2.75, 3.05) is 0 Å². The van der Waals surface area contributed by atoms with Gasteiger partial charge in [0.1, 0.15) is 5.60 Å². The van der Waals surface area contributed by atoms with Crippen molar-refractivity contribution in [1.29, 1.82) is 0 Å². The molecule has 1 atom stereocenters. The molecule has 0 amide bonds. The molecule has 0 fully saturated rings. The summed E-state index contributed by atoms with van der Waals surface area (Å²) in [5.74, 6) is 0. The van der Waals surface area contributed by atoms with Gasteiger partial charge in [0.25, 0.3) is 0 Å². The van der Waals surface area contributed by atoms with E-state index >= 15 is 0 Å². The Morgan fingerprint density at radius 2 is 2.29 bits per heavy atom. The van der Waals surface area contributed by atoms with Crippen molar-refractivity contribution < 1.29 is 5.11 Å². The first-order valence-corrected chi connectivity index (χ1v) is 6.62. The molecule has 0 bridgehead atoms. The summed E-state index contributed by atoms with van der Waals surface area (Å²) in [5.41, 5.74) is 0.756. The maximum absolute atomic E-state index is 10.5. The quantitative estimate of drug-likeness (QED) is 0.931. The average Bonchev–Trinajstić information content (AvgIpc) is 2.84. The molecular formula is C12H15ClN2OS. The molecule has 0 aromatic carbocycles. The standard InChI is InChI=1S/C12H15ClN2OS/c1-8-11(13)9(15(3)14-8)7-12(2,16)10-5-4-6-17-10/h4-6,16H,7H2,1-3H3. The van der Waals surface area contributed by atoms with Crippen LogP contribution in [0.4, 0.5) is 0 Å². The molecule has 0 saturated carbocycles. The van der Waals surface area contributed by atoms with E-state index in [0.717, 1.165) is 16.3 Å². The first kappa shape index (κ1) is 12.6. The normalized spacial score (nSPS) is 14.9. The fourth-order valence-corrected chi connectivity index (χ4v) is 2.88. The van der Waals surface area contributed by atoms with E-state index < -0.39 is 5.60 Å². The second kappa shape index (κ2) is 4.44. The van der Waals surface area contributed by atoms with E-state index in [1.54, 1.807) is 22.9 Å². The van der Waals surface area contributed by atoms with Crippen molar-refractivity contribution in [2.45, 2.75) is 25.9 Å². The molecule has 5 heteroatoms. The second-order valence-electron chi connectivity index (χ2n) is 4.40.